The van der Waals surface area contributed by atoms with Crippen molar-refractivity contribution in [2.75, 3.05) is 36.8 Å². The maximum atomic E-state index is 12.4. The van der Waals surface area contributed by atoms with Gasteiger partial charge in [-0.15, -0.1) is 0 Å². The Morgan fingerprint density at radius 1 is 1.21 bits per heavy atom. The molecule has 0 saturated carbocycles. The van der Waals surface area contributed by atoms with Crippen molar-refractivity contribution >= 4 is 33.2 Å². The fraction of sp³-hybridized carbons (Fsp3) is 0.632. The van der Waals surface area contributed by atoms with Gasteiger partial charge in [-0.3, -0.25) is 4.79 Å². The normalized spacial score (nSPS) is 21.3. The van der Waals surface area contributed by atoms with Gasteiger partial charge in [-0.25, -0.2) is 0 Å². The second-order valence-electron chi connectivity index (χ2n) is 6.78. The highest BCUT2D eigenvalue weighted by atomic mass is 33.1. The largest absolute Gasteiger partial charge is 0.368 e. The van der Waals surface area contributed by atoms with E-state index in [-0.39, 0.29) is 0 Å². The van der Waals surface area contributed by atoms with Crippen molar-refractivity contribution in [1.82, 2.24) is 4.90 Å². The molecule has 1 aromatic carbocycles. The van der Waals surface area contributed by atoms with Crippen molar-refractivity contribution in [2.45, 2.75) is 44.3 Å². The van der Waals surface area contributed by atoms with Gasteiger partial charge in [0.15, 0.2) is 0 Å². The van der Waals surface area contributed by atoms with Crippen LogP contribution in [-0.4, -0.2) is 48.0 Å². The molecule has 2 saturated heterocycles. The van der Waals surface area contributed by atoms with E-state index in [1.54, 1.807) is 0 Å². The molecule has 1 unspecified atom stereocenters. The molecule has 0 radical (unpaired) electrons. The zero-order valence-electron chi connectivity index (χ0n) is 14.6. The summed E-state index contributed by atoms with van der Waals surface area (Å²) >= 11 is 0. The summed E-state index contributed by atoms with van der Waals surface area (Å²) in [5, 5.41) is 0.836. The lowest BCUT2D eigenvalue weighted by Gasteiger charge is -2.36. The standard InChI is InChI=1S/C19H28N2OS2/c1-16-5-4-6-17(15-16)20-10-12-21(13-11-20)19(22)8-3-2-7-18-9-14-23-24-18/h4-6,15,18H,2-3,7-14H2,1H3. The van der Waals surface area contributed by atoms with Gasteiger partial charge in [-0.2, -0.15) is 0 Å². The van der Waals surface area contributed by atoms with Crippen LogP contribution in [0.25, 0.3) is 0 Å². The average molecular weight is 365 g/mol. The molecule has 3 rings (SSSR count). The third-order valence-corrected chi connectivity index (χ3v) is 7.90. The first-order valence-corrected chi connectivity index (χ1v) is 11.5. The average Bonchev–Trinajstić information content (AvgIpc) is 3.12. The van der Waals surface area contributed by atoms with Crippen LogP contribution >= 0.6 is 21.6 Å². The molecule has 24 heavy (non-hydrogen) atoms. The lowest BCUT2D eigenvalue weighted by Crippen LogP contribution is -2.48. The maximum Gasteiger partial charge on any atom is 0.222 e. The smallest absolute Gasteiger partial charge is 0.222 e. The van der Waals surface area contributed by atoms with Crippen LogP contribution in [-0.2, 0) is 4.79 Å². The molecular weight excluding hydrogens is 336 g/mol. The van der Waals surface area contributed by atoms with E-state index in [2.05, 4.69) is 41.0 Å². The highest BCUT2D eigenvalue weighted by Crippen LogP contribution is 2.39. The van der Waals surface area contributed by atoms with Gasteiger partial charge >= 0.3 is 0 Å². The Morgan fingerprint density at radius 3 is 2.75 bits per heavy atom. The first-order valence-electron chi connectivity index (χ1n) is 9.10. The van der Waals surface area contributed by atoms with Gasteiger partial charge in [-0.05, 0) is 43.9 Å². The van der Waals surface area contributed by atoms with E-state index in [9.17, 15) is 4.79 Å². The number of amides is 1. The van der Waals surface area contributed by atoms with Gasteiger partial charge in [0.1, 0.15) is 0 Å². The van der Waals surface area contributed by atoms with Gasteiger partial charge < -0.3 is 9.80 Å². The predicted octanol–water partition coefficient (Wildman–Crippen LogP) is 4.36. The van der Waals surface area contributed by atoms with E-state index in [4.69, 9.17) is 0 Å². The van der Waals surface area contributed by atoms with E-state index in [1.165, 1.54) is 36.3 Å². The minimum Gasteiger partial charge on any atom is -0.368 e. The van der Waals surface area contributed by atoms with E-state index in [0.29, 0.717) is 5.91 Å². The number of hydrogen-bond acceptors (Lipinski definition) is 4. The number of anilines is 1. The van der Waals surface area contributed by atoms with E-state index >= 15 is 0 Å². The van der Waals surface area contributed by atoms with Crippen LogP contribution in [0.4, 0.5) is 5.69 Å². The predicted molar refractivity (Wildman–Crippen MR) is 107 cm³/mol. The molecule has 2 aliphatic heterocycles. The molecular formula is C19H28N2OS2. The van der Waals surface area contributed by atoms with Gasteiger partial charge in [-0.1, -0.05) is 40.1 Å². The third kappa shape index (κ3) is 5.09. The quantitative estimate of drug-likeness (QED) is 0.553. The second kappa shape index (κ2) is 9.04. The van der Waals surface area contributed by atoms with Gasteiger partial charge in [0, 0.05) is 49.3 Å². The fourth-order valence-electron chi connectivity index (χ4n) is 3.41. The number of unbranched alkanes of at least 4 members (excludes halogenated alkanes) is 1. The molecule has 132 valence electrons. The fourth-order valence-corrected chi connectivity index (χ4v) is 6.44. The molecule has 3 nitrogen and oxygen atoms in total. The molecule has 0 bridgehead atoms. The lowest BCUT2D eigenvalue weighted by molar-refractivity contribution is -0.131. The minimum atomic E-state index is 0.354. The SMILES string of the molecule is Cc1cccc(N2CCN(C(=O)CCCCC3CCSS3)CC2)c1. The second-order valence-corrected chi connectivity index (χ2v) is 9.57. The number of nitrogens with zero attached hydrogens (tertiary/aromatic N) is 2. The number of carbonyl (C=O) groups excluding carboxylic acids is 1. The minimum absolute atomic E-state index is 0.354. The molecule has 0 spiro atoms. The lowest BCUT2D eigenvalue weighted by atomic mass is 10.1. The van der Waals surface area contributed by atoms with Crippen molar-refractivity contribution in [3.63, 3.8) is 0 Å². The van der Waals surface area contributed by atoms with Crippen molar-refractivity contribution in [3.8, 4) is 0 Å². The van der Waals surface area contributed by atoms with Crippen LogP contribution in [0.2, 0.25) is 0 Å². The number of rotatable bonds is 6. The van der Waals surface area contributed by atoms with Crippen LogP contribution in [0, 0.1) is 6.92 Å². The van der Waals surface area contributed by atoms with Crippen LogP contribution in [0.5, 0.6) is 0 Å². The molecule has 0 aromatic heterocycles. The summed E-state index contributed by atoms with van der Waals surface area (Å²) in [4.78, 5) is 16.8. The van der Waals surface area contributed by atoms with E-state index < -0.39 is 0 Å². The highest BCUT2D eigenvalue weighted by molar-refractivity contribution is 8.77. The summed E-state index contributed by atoms with van der Waals surface area (Å²) in [6, 6.07) is 8.65. The van der Waals surface area contributed by atoms with Crippen LogP contribution in [0.15, 0.2) is 24.3 Å². The summed E-state index contributed by atoms with van der Waals surface area (Å²) in [6.07, 6.45) is 5.62. The Kier molecular flexibility index (Phi) is 6.78. The number of piperazine rings is 1. The first kappa shape index (κ1) is 18.0. The molecule has 0 aliphatic carbocycles. The highest BCUT2D eigenvalue weighted by Gasteiger charge is 2.21. The maximum absolute atomic E-state index is 12.4. The summed E-state index contributed by atoms with van der Waals surface area (Å²) in [7, 11) is 4.05. The van der Waals surface area contributed by atoms with E-state index in [0.717, 1.165) is 44.3 Å². The molecule has 2 heterocycles. The number of benzene rings is 1. The molecule has 2 fully saturated rings. The summed E-state index contributed by atoms with van der Waals surface area (Å²) in [5.74, 6) is 1.66. The van der Waals surface area contributed by atoms with Crippen molar-refractivity contribution in [1.29, 1.82) is 0 Å². The van der Waals surface area contributed by atoms with Crippen molar-refractivity contribution in [2.24, 2.45) is 0 Å². The van der Waals surface area contributed by atoms with Gasteiger partial charge in [0.05, 0.1) is 0 Å². The molecule has 2 aliphatic rings. The Hall–Kier alpha value is -0.810. The first-order chi connectivity index (χ1) is 11.7. The molecule has 0 N–H and O–H groups in total. The van der Waals surface area contributed by atoms with Crippen LogP contribution in [0.1, 0.15) is 37.7 Å². The molecule has 1 amide bonds. The van der Waals surface area contributed by atoms with Gasteiger partial charge in [0.25, 0.3) is 0 Å². The summed E-state index contributed by atoms with van der Waals surface area (Å²) in [6.45, 7) is 5.76. The molecule has 5 heteroatoms. The van der Waals surface area contributed by atoms with E-state index in [1.807, 2.05) is 21.6 Å². The molecule has 1 aromatic rings. The topological polar surface area (TPSA) is 23.6 Å². The number of hydrogen-bond donors (Lipinski definition) is 0. The van der Waals surface area contributed by atoms with Crippen molar-refractivity contribution in [3.05, 3.63) is 29.8 Å². The zero-order valence-corrected chi connectivity index (χ0v) is 16.2. The summed E-state index contributed by atoms with van der Waals surface area (Å²) < 4.78 is 0. The Balaban J connectivity index is 1.35. The van der Waals surface area contributed by atoms with Crippen LogP contribution < -0.4 is 4.90 Å². The molecule has 1 atom stereocenters. The number of aryl methyl sites for hydroxylation is 1. The van der Waals surface area contributed by atoms with Crippen molar-refractivity contribution < 1.29 is 4.79 Å². The third-order valence-electron chi connectivity index (χ3n) is 4.89. The number of carbonyl (C=O) groups is 1. The zero-order chi connectivity index (χ0) is 16.8. The Morgan fingerprint density at radius 2 is 2.04 bits per heavy atom. The Bertz CT molecular complexity index is 538. The Labute approximate surface area is 153 Å². The van der Waals surface area contributed by atoms with Crippen LogP contribution in [0.3, 0.4) is 0 Å². The van der Waals surface area contributed by atoms with Gasteiger partial charge in [0.2, 0.25) is 5.91 Å². The summed E-state index contributed by atoms with van der Waals surface area (Å²) in [5.41, 5.74) is 2.58. The monoisotopic (exact) mass is 364 g/mol.